The molecule has 2 heterocycles. The first-order valence-electron chi connectivity index (χ1n) is 10.4. The fourth-order valence-electron chi connectivity index (χ4n) is 3.08. The zero-order valence-corrected chi connectivity index (χ0v) is 20.2. The first-order chi connectivity index (χ1) is 17.5. The van der Waals surface area contributed by atoms with Crippen LogP contribution in [0.3, 0.4) is 0 Å². The number of anilines is 2. The second-order valence-corrected chi connectivity index (χ2v) is 9.50. The number of pyridine rings is 1. The third-order valence-corrected chi connectivity index (χ3v) is 6.44. The van der Waals surface area contributed by atoms with E-state index in [0.717, 1.165) is 4.68 Å². The number of nitrogens with zero attached hydrogens (tertiary/aromatic N) is 3. The molecule has 2 aromatic carbocycles. The number of amides is 1. The Balaban J connectivity index is 1.44. The van der Waals surface area contributed by atoms with E-state index in [1.54, 1.807) is 24.3 Å². The number of aromatic nitrogens is 3. The maximum absolute atomic E-state index is 13.2. The van der Waals surface area contributed by atoms with E-state index < -0.39 is 34.4 Å². The van der Waals surface area contributed by atoms with Gasteiger partial charge in [0.25, 0.3) is 15.9 Å². The van der Waals surface area contributed by atoms with Gasteiger partial charge in [-0.05, 0) is 48.5 Å². The Bertz CT molecular complexity index is 1510. The Labute approximate surface area is 213 Å². The topological polar surface area (TPSA) is 115 Å². The summed E-state index contributed by atoms with van der Waals surface area (Å²) in [5, 5.41) is 6.13. The Hall–Kier alpha value is -4.10. The Morgan fingerprint density at radius 3 is 2.38 bits per heavy atom. The van der Waals surface area contributed by atoms with E-state index in [9.17, 15) is 26.4 Å². The molecule has 0 radical (unpaired) electrons. The number of hydrogen-bond acceptors (Lipinski definition) is 6. The summed E-state index contributed by atoms with van der Waals surface area (Å²) in [7, 11) is -3.91. The molecule has 0 atom stereocenters. The molecule has 4 aromatic rings. The largest absolute Gasteiger partial charge is 0.467 e. The van der Waals surface area contributed by atoms with E-state index in [1.165, 1.54) is 48.7 Å². The van der Waals surface area contributed by atoms with E-state index in [0.29, 0.717) is 6.07 Å². The minimum absolute atomic E-state index is 0.0734. The summed E-state index contributed by atoms with van der Waals surface area (Å²) < 4.78 is 73.1. The third kappa shape index (κ3) is 6.37. The van der Waals surface area contributed by atoms with Crippen LogP contribution in [0.1, 0.15) is 5.69 Å². The SMILES string of the molecule is O=C(COc1cc(C(F)(F)F)nn1-c1ccccc1Cl)Nc1ccc(S(=O)(=O)Nc2ccccn2)cc1. The van der Waals surface area contributed by atoms with Crippen LogP contribution in [-0.4, -0.2) is 35.7 Å². The highest BCUT2D eigenvalue weighted by molar-refractivity contribution is 7.92. The molecule has 37 heavy (non-hydrogen) atoms. The number of nitrogens with one attached hydrogen (secondary N) is 2. The van der Waals surface area contributed by atoms with Gasteiger partial charge in [0, 0.05) is 18.0 Å². The van der Waals surface area contributed by atoms with Crippen LogP contribution in [0.2, 0.25) is 5.02 Å². The summed E-state index contributed by atoms with van der Waals surface area (Å²) in [5.74, 6) is -0.915. The first kappa shape index (κ1) is 26.0. The maximum Gasteiger partial charge on any atom is 0.435 e. The molecule has 0 saturated carbocycles. The molecule has 1 amide bonds. The minimum atomic E-state index is -4.75. The van der Waals surface area contributed by atoms with Crippen LogP contribution in [0.5, 0.6) is 5.88 Å². The van der Waals surface area contributed by atoms with Crippen molar-refractivity contribution in [2.24, 2.45) is 0 Å². The number of carbonyl (C=O) groups excluding carboxylic acids is 1. The third-order valence-electron chi connectivity index (χ3n) is 4.75. The number of hydrogen-bond donors (Lipinski definition) is 2. The number of halogens is 4. The molecule has 2 N–H and O–H groups in total. The van der Waals surface area contributed by atoms with Gasteiger partial charge in [-0.3, -0.25) is 9.52 Å². The van der Waals surface area contributed by atoms with E-state index >= 15 is 0 Å². The summed E-state index contributed by atoms with van der Waals surface area (Å²) in [4.78, 5) is 16.2. The van der Waals surface area contributed by atoms with E-state index in [2.05, 4.69) is 20.1 Å². The normalized spacial score (nSPS) is 11.7. The predicted molar refractivity (Wildman–Crippen MR) is 129 cm³/mol. The van der Waals surface area contributed by atoms with Crippen molar-refractivity contribution in [3.8, 4) is 11.6 Å². The van der Waals surface area contributed by atoms with Gasteiger partial charge in [0.1, 0.15) is 5.82 Å². The molecule has 192 valence electrons. The molecule has 14 heteroatoms. The molecule has 0 aliphatic rings. The van der Waals surface area contributed by atoms with Gasteiger partial charge >= 0.3 is 6.18 Å². The maximum atomic E-state index is 13.2. The summed E-state index contributed by atoms with van der Waals surface area (Å²) in [5.41, 5.74) is -0.855. The average Bonchev–Trinajstić information content (AvgIpc) is 3.28. The minimum Gasteiger partial charge on any atom is -0.467 e. The van der Waals surface area contributed by atoms with Crippen molar-refractivity contribution in [1.82, 2.24) is 14.8 Å². The Kier molecular flexibility index (Phi) is 7.36. The van der Waals surface area contributed by atoms with Gasteiger partial charge in [-0.15, -0.1) is 0 Å². The van der Waals surface area contributed by atoms with E-state index in [1.807, 2.05) is 0 Å². The molecule has 0 aliphatic carbocycles. The first-order valence-corrected chi connectivity index (χ1v) is 12.3. The lowest BCUT2D eigenvalue weighted by Gasteiger charge is -2.11. The van der Waals surface area contributed by atoms with Crippen molar-refractivity contribution in [2.45, 2.75) is 11.1 Å². The molecular weight excluding hydrogens is 535 g/mol. The number of alkyl halides is 3. The summed E-state index contributed by atoms with van der Waals surface area (Å²) in [6.45, 7) is -0.658. The number of ether oxygens (including phenoxy) is 1. The van der Waals surface area contributed by atoms with Crippen LogP contribution in [0.4, 0.5) is 24.7 Å². The van der Waals surface area contributed by atoms with Crippen LogP contribution in [-0.2, 0) is 21.0 Å². The highest BCUT2D eigenvalue weighted by Gasteiger charge is 2.36. The fraction of sp³-hybridized carbons (Fsp3) is 0.0870. The van der Waals surface area contributed by atoms with Gasteiger partial charge in [-0.1, -0.05) is 29.8 Å². The molecule has 9 nitrogen and oxygen atoms in total. The molecule has 0 spiro atoms. The molecule has 4 rings (SSSR count). The van der Waals surface area contributed by atoms with Crippen LogP contribution in [0.15, 0.2) is 83.9 Å². The number of sulfonamides is 1. The van der Waals surface area contributed by atoms with Gasteiger partial charge in [0.2, 0.25) is 5.88 Å². The van der Waals surface area contributed by atoms with Crippen molar-refractivity contribution in [1.29, 1.82) is 0 Å². The van der Waals surface area contributed by atoms with Gasteiger partial charge in [-0.2, -0.15) is 23.0 Å². The number of para-hydroxylation sites is 1. The highest BCUT2D eigenvalue weighted by Crippen LogP contribution is 2.33. The molecule has 0 bridgehead atoms. The summed E-state index contributed by atoms with van der Waals surface area (Å²) in [6.07, 6.45) is -3.32. The van der Waals surface area contributed by atoms with Crippen molar-refractivity contribution in [3.63, 3.8) is 0 Å². The van der Waals surface area contributed by atoms with Gasteiger partial charge in [0.15, 0.2) is 12.3 Å². The predicted octanol–water partition coefficient (Wildman–Crippen LogP) is 4.76. The van der Waals surface area contributed by atoms with Crippen molar-refractivity contribution in [3.05, 3.63) is 89.7 Å². The quantitative estimate of drug-likeness (QED) is 0.326. The highest BCUT2D eigenvalue weighted by atomic mass is 35.5. The van der Waals surface area contributed by atoms with Gasteiger partial charge in [0.05, 0.1) is 15.6 Å². The van der Waals surface area contributed by atoms with Crippen LogP contribution in [0.25, 0.3) is 5.69 Å². The second kappa shape index (κ2) is 10.5. The summed E-state index contributed by atoms with van der Waals surface area (Å²) >= 11 is 6.09. The van der Waals surface area contributed by atoms with Crippen molar-refractivity contribution >= 4 is 39.0 Å². The standard InChI is InChI=1S/C23H17ClF3N5O4S/c24-17-5-1-2-6-18(17)32-22(13-19(30-32)23(25,26)27)36-14-21(33)29-15-8-10-16(11-9-15)37(34,35)31-20-7-3-4-12-28-20/h1-13H,14H2,(H,28,31)(H,29,33). The van der Waals surface area contributed by atoms with E-state index in [4.69, 9.17) is 16.3 Å². The summed E-state index contributed by atoms with van der Waals surface area (Å²) in [6, 6.07) is 16.7. The molecule has 0 saturated heterocycles. The zero-order chi connectivity index (χ0) is 26.6. The number of carbonyl (C=O) groups is 1. The second-order valence-electron chi connectivity index (χ2n) is 7.41. The van der Waals surface area contributed by atoms with Crippen molar-refractivity contribution in [2.75, 3.05) is 16.6 Å². The van der Waals surface area contributed by atoms with Crippen molar-refractivity contribution < 1.29 is 31.1 Å². The molecule has 0 aliphatic heterocycles. The van der Waals surface area contributed by atoms with Crippen LogP contribution in [0, 0.1) is 0 Å². The molecular formula is C23H17ClF3N5O4S. The Morgan fingerprint density at radius 1 is 1.03 bits per heavy atom. The van der Waals surface area contributed by atoms with Gasteiger partial charge in [-0.25, -0.2) is 13.4 Å². The van der Waals surface area contributed by atoms with Crippen LogP contribution >= 0.6 is 11.6 Å². The lowest BCUT2D eigenvalue weighted by Crippen LogP contribution is -2.21. The van der Waals surface area contributed by atoms with Crippen LogP contribution < -0.4 is 14.8 Å². The van der Waals surface area contributed by atoms with Gasteiger partial charge < -0.3 is 10.1 Å². The molecule has 0 unspecified atom stereocenters. The van der Waals surface area contributed by atoms with E-state index in [-0.39, 0.29) is 33.0 Å². The fourth-order valence-corrected chi connectivity index (χ4v) is 4.30. The number of benzene rings is 2. The molecule has 2 aromatic heterocycles. The lowest BCUT2D eigenvalue weighted by atomic mass is 10.3. The Morgan fingerprint density at radius 2 is 1.73 bits per heavy atom. The molecule has 0 fully saturated rings. The zero-order valence-electron chi connectivity index (χ0n) is 18.6. The lowest BCUT2D eigenvalue weighted by molar-refractivity contribution is -0.141. The monoisotopic (exact) mass is 551 g/mol. The number of rotatable bonds is 8. The average molecular weight is 552 g/mol. The smallest absolute Gasteiger partial charge is 0.435 e.